The Balaban J connectivity index is 2.15. The Morgan fingerprint density at radius 1 is 1.39 bits per heavy atom. The first kappa shape index (κ1) is 15.4. The number of hydrogen-bond donors (Lipinski definition) is 3. The van der Waals surface area contributed by atoms with Crippen LogP contribution >= 0.6 is 0 Å². The van der Waals surface area contributed by atoms with Gasteiger partial charge in [-0.25, -0.2) is 0 Å². The minimum atomic E-state index is -0.882. The van der Waals surface area contributed by atoms with E-state index in [0.29, 0.717) is 19.1 Å². The van der Waals surface area contributed by atoms with Crippen LogP contribution in [0.3, 0.4) is 0 Å². The fourth-order valence-electron chi connectivity index (χ4n) is 2.46. The number of amides is 1. The Labute approximate surface area is 110 Å². The standard InChI is InChI=1S/C13H27N3O2/c1-13(18,10-16(2)3)9-15-12(17)8-14-11-6-4-5-7-11/h11,14,18H,4-10H2,1-3H3,(H,15,17). The molecule has 0 aromatic carbocycles. The average molecular weight is 257 g/mol. The van der Waals surface area contributed by atoms with E-state index in [1.165, 1.54) is 25.7 Å². The highest BCUT2D eigenvalue weighted by atomic mass is 16.3. The van der Waals surface area contributed by atoms with E-state index in [0.717, 1.165) is 0 Å². The molecule has 1 aliphatic rings. The van der Waals surface area contributed by atoms with Crippen molar-refractivity contribution in [2.75, 3.05) is 33.7 Å². The van der Waals surface area contributed by atoms with Gasteiger partial charge in [0.2, 0.25) is 5.91 Å². The van der Waals surface area contributed by atoms with Gasteiger partial charge < -0.3 is 20.6 Å². The molecule has 1 atom stereocenters. The third-order valence-corrected chi connectivity index (χ3v) is 3.23. The molecule has 3 N–H and O–H groups in total. The summed E-state index contributed by atoms with van der Waals surface area (Å²) in [5.74, 6) is -0.0408. The molecule has 0 aliphatic heterocycles. The Bertz CT molecular complexity index is 261. The van der Waals surface area contributed by atoms with Gasteiger partial charge in [-0.3, -0.25) is 4.79 Å². The third-order valence-electron chi connectivity index (χ3n) is 3.23. The maximum Gasteiger partial charge on any atom is 0.234 e. The summed E-state index contributed by atoms with van der Waals surface area (Å²) in [5.41, 5.74) is -0.882. The van der Waals surface area contributed by atoms with E-state index >= 15 is 0 Å². The highest BCUT2D eigenvalue weighted by Crippen LogP contribution is 2.17. The van der Waals surface area contributed by atoms with Gasteiger partial charge in [0.1, 0.15) is 0 Å². The van der Waals surface area contributed by atoms with Crippen molar-refractivity contribution in [3.05, 3.63) is 0 Å². The van der Waals surface area contributed by atoms with Gasteiger partial charge >= 0.3 is 0 Å². The minimum Gasteiger partial charge on any atom is -0.387 e. The van der Waals surface area contributed by atoms with Gasteiger partial charge in [0.05, 0.1) is 12.1 Å². The lowest BCUT2D eigenvalue weighted by atomic mass is 10.1. The van der Waals surface area contributed by atoms with Gasteiger partial charge in [0.15, 0.2) is 0 Å². The summed E-state index contributed by atoms with van der Waals surface area (Å²) in [6.07, 6.45) is 4.87. The summed E-state index contributed by atoms with van der Waals surface area (Å²) >= 11 is 0. The quantitative estimate of drug-likeness (QED) is 0.598. The first-order chi connectivity index (χ1) is 8.39. The summed E-state index contributed by atoms with van der Waals surface area (Å²) in [6, 6.07) is 0.498. The monoisotopic (exact) mass is 257 g/mol. The van der Waals surface area contributed by atoms with Gasteiger partial charge in [-0.2, -0.15) is 0 Å². The number of rotatable bonds is 7. The highest BCUT2D eigenvalue weighted by Gasteiger charge is 2.22. The fraction of sp³-hybridized carbons (Fsp3) is 0.923. The normalized spacial score (nSPS) is 20.1. The zero-order valence-electron chi connectivity index (χ0n) is 11.8. The van der Waals surface area contributed by atoms with Crippen molar-refractivity contribution in [1.82, 2.24) is 15.5 Å². The topological polar surface area (TPSA) is 64.6 Å². The zero-order valence-corrected chi connectivity index (χ0v) is 11.8. The molecular formula is C13H27N3O2. The van der Waals surface area contributed by atoms with Crippen molar-refractivity contribution >= 4 is 5.91 Å². The molecule has 1 amide bonds. The van der Waals surface area contributed by atoms with Crippen LogP contribution in [-0.4, -0.2) is 61.3 Å². The zero-order chi connectivity index (χ0) is 13.6. The molecule has 1 fully saturated rings. The van der Waals surface area contributed by atoms with Crippen molar-refractivity contribution in [3.63, 3.8) is 0 Å². The van der Waals surface area contributed by atoms with E-state index in [1.807, 2.05) is 19.0 Å². The Morgan fingerprint density at radius 3 is 2.56 bits per heavy atom. The number of nitrogens with one attached hydrogen (secondary N) is 2. The van der Waals surface area contributed by atoms with Gasteiger partial charge in [0.25, 0.3) is 0 Å². The molecule has 0 heterocycles. The fourth-order valence-corrected chi connectivity index (χ4v) is 2.46. The average Bonchev–Trinajstić information content (AvgIpc) is 2.74. The molecule has 106 valence electrons. The second-order valence-corrected chi connectivity index (χ2v) is 5.87. The molecule has 0 spiro atoms. The maximum absolute atomic E-state index is 11.6. The van der Waals surface area contributed by atoms with Crippen molar-refractivity contribution in [3.8, 4) is 0 Å². The van der Waals surface area contributed by atoms with Gasteiger partial charge in [-0.05, 0) is 33.9 Å². The number of aliphatic hydroxyl groups is 1. The lowest BCUT2D eigenvalue weighted by Crippen LogP contribution is -2.49. The first-order valence-electron chi connectivity index (χ1n) is 6.76. The molecule has 0 radical (unpaired) electrons. The molecule has 5 nitrogen and oxygen atoms in total. The molecule has 1 unspecified atom stereocenters. The van der Waals surface area contributed by atoms with Gasteiger partial charge in [0, 0.05) is 19.1 Å². The Kier molecular flexibility index (Phi) is 6.05. The Hall–Kier alpha value is -0.650. The molecule has 0 aromatic rings. The number of carbonyl (C=O) groups is 1. The summed E-state index contributed by atoms with van der Waals surface area (Å²) in [4.78, 5) is 13.5. The molecule has 0 aromatic heterocycles. The predicted molar refractivity (Wildman–Crippen MR) is 72.4 cm³/mol. The van der Waals surface area contributed by atoms with E-state index in [-0.39, 0.29) is 12.5 Å². The molecule has 0 bridgehead atoms. The van der Waals surface area contributed by atoms with Crippen LogP contribution in [0, 0.1) is 0 Å². The molecule has 5 heteroatoms. The molecule has 1 saturated carbocycles. The van der Waals surface area contributed by atoms with Crippen LogP contribution in [0.15, 0.2) is 0 Å². The van der Waals surface area contributed by atoms with E-state index in [2.05, 4.69) is 10.6 Å². The van der Waals surface area contributed by atoms with E-state index < -0.39 is 5.60 Å². The number of nitrogens with zero attached hydrogens (tertiary/aromatic N) is 1. The largest absolute Gasteiger partial charge is 0.387 e. The van der Waals surface area contributed by atoms with Crippen LogP contribution in [0.1, 0.15) is 32.6 Å². The molecule has 18 heavy (non-hydrogen) atoms. The number of likely N-dealkylation sites (N-methyl/N-ethyl adjacent to an activating group) is 1. The second kappa shape index (κ2) is 7.07. The molecular weight excluding hydrogens is 230 g/mol. The van der Waals surface area contributed by atoms with Crippen LogP contribution in [0.4, 0.5) is 0 Å². The Morgan fingerprint density at radius 2 is 2.00 bits per heavy atom. The van der Waals surface area contributed by atoms with Crippen LogP contribution < -0.4 is 10.6 Å². The van der Waals surface area contributed by atoms with Crippen molar-refractivity contribution in [2.24, 2.45) is 0 Å². The van der Waals surface area contributed by atoms with Crippen molar-refractivity contribution in [1.29, 1.82) is 0 Å². The van der Waals surface area contributed by atoms with E-state index in [4.69, 9.17) is 0 Å². The lowest BCUT2D eigenvalue weighted by Gasteiger charge is -2.27. The minimum absolute atomic E-state index is 0.0408. The lowest BCUT2D eigenvalue weighted by molar-refractivity contribution is -0.121. The van der Waals surface area contributed by atoms with Crippen LogP contribution in [0.5, 0.6) is 0 Å². The smallest absolute Gasteiger partial charge is 0.234 e. The van der Waals surface area contributed by atoms with Crippen molar-refractivity contribution in [2.45, 2.75) is 44.2 Å². The second-order valence-electron chi connectivity index (χ2n) is 5.87. The van der Waals surface area contributed by atoms with E-state index in [9.17, 15) is 9.90 Å². The molecule has 0 saturated heterocycles. The predicted octanol–water partition coefficient (Wildman–Crippen LogP) is -0.0526. The van der Waals surface area contributed by atoms with Crippen LogP contribution in [0.2, 0.25) is 0 Å². The SMILES string of the molecule is CN(C)CC(C)(O)CNC(=O)CNC1CCCC1. The van der Waals surface area contributed by atoms with Gasteiger partial charge in [-0.15, -0.1) is 0 Å². The number of carbonyl (C=O) groups excluding carboxylic acids is 1. The molecule has 1 rings (SSSR count). The summed E-state index contributed by atoms with van der Waals surface area (Å²) in [7, 11) is 3.80. The van der Waals surface area contributed by atoms with Crippen LogP contribution in [0.25, 0.3) is 0 Å². The molecule has 1 aliphatic carbocycles. The summed E-state index contributed by atoms with van der Waals surface area (Å²) in [6.45, 7) is 2.90. The van der Waals surface area contributed by atoms with E-state index in [1.54, 1.807) is 6.92 Å². The number of hydrogen-bond acceptors (Lipinski definition) is 4. The van der Waals surface area contributed by atoms with Crippen molar-refractivity contribution < 1.29 is 9.90 Å². The van der Waals surface area contributed by atoms with Crippen LogP contribution in [-0.2, 0) is 4.79 Å². The van der Waals surface area contributed by atoms with Gasteiger partial charge in [-0.1, -0.05) is 12.8 Å². The summed E-state index contributed by atoms with van der Waals surface area (Å²) < 4.78 is 0. The summed E-state index contributed by atoms with van der Waals surface area (Å²) in [5, 5.41) is 16.1. The maximum atomic E-state index is 11.6. The first-order valence-corrected chi connectivity index (χ1v) is 6.76. The third kappa shape index (κ3) is 6.33. The highest BCUT2D eigenvalue weighted by molar-refractivity contribution is 5.78.